The van der Waals surface area contributed by atoms with Crippen molar-refractivity contribution in [1.82, 2.24) is 4.90 Å². The number of nitrogens with zero attached hydrogens (tertiary/aromatic N) is 1. The quantitative estimate of drug-likeness (QED) is 0.932. The zero-order chi connectivity index (χ0) is 15.5. The fourth-order valence-electron chi connectivity index (χ4n) is 3.65. The standard InChI is InChI=1S/C18H25NO3/c1-2-13-5-7-14(8-6-13)18(21)19-10-3-4-16(19)15-12-22-11-9-17(15)20/h5-8,15-17,20H,2-4,9-12H2,1H3. The lowest BCUT2D eigenvalue weighted by Gasteiger charge is -2.37. The molecular formula is C18H25NO3. The van der Waals surface area contributed by atoms with E-state index < -0.39 is 0 Å². The molecule has 4 nitrogen and oxygen atoms in total. The number of carbonyl (C=O) groups excluding carboxylic acids is 1. The van der Waals surface area contributed by atoms with Gasteiger partial charge in [0.05, 0.1) is 12.7 Å². The zero-order valence-electron chi connectivity index (χ0n) is 13.2. The fraction of sp³-hybridized carbons (Fsp3) is 0.611. The molecule has 0 aromatic heterocycles. The lowest BCUT2D eigenvalue weighted by molar-refractivity contribution is -0.0589. The van der Waals surface area contributed by atoms with Crippen LogP contribution in [0.3, 0.4) is 0 Å². The molecule has 1 aromatic rings. The van der Waals surface area contributed by atoms with E-state index in [0.29, 0.717) is 19.6 Å². The van der Waals surface area contributed by atoms with Gasteiger partial charge in [-0.2, -0.15) is 0 Å². The third kappa shape index (κ3) is 3.03. The third-order valence-electron chi connectivity index (χ3n) is 5.03. The number of hydrogen-bond acceptors (Lipinski definition) is 3. The largest absolute Gasteiger partial charge is 0.393 e. The van der Waals surface area contributed by atoms with Crippen LogP contribution in [0.1, 0.15) is 42.1 Å². The topological polar surface area (TPSA) is 49.8 Å². The van der Waals surface area contributed by atoms with Crippen LogP contribution in [0, 0.1) is 5.92 Å². The number of ether oxygens (including phenoxy) is 1. The molecule has 0 bridgehead atoms. The second kappa shape index (κ2) is 6.80. The number of aliphatic hydroxyl groups is 1. The highest BCUT2D eigenvalue weighted by Crippen LogP contribution is 2.31. The van der Waals surface area contributed by atoms with Crippen LogP contribution in [-0.4, -0.2) is 47.8 Å². The van der Waals surface area contributed by atoms with E-state index in [1.807, 2.05) is 29.2 Å². The number of hydrogen-bond donors (Lipinski definition) is 1. The molecule has 1 aromatic carbocycles. The molecule has 4 heteroatoms. The molecule has 2 fully saturated rings. The van der Waals surface area contributed by atoms with Gasteiger partial charge in [0.25, 0.3) is 5.91 Å². The van der Waals surface area contributed by atoms with Gasteiger partial charge in [0.1, 0.15) is 0 Å². The maximum absolute atomic E-state index is 12.8. The highest BCUT2D eigenvalue weighted by atomic mass is 16.5. The van der Waals surface area contributed by atoms with E-state index in [9.17, 15) is 9.90 Å². The van der Waals surface area contributed by atoms with Crippen molar-refractivity contribution < 1.29 is 14.6 Å². The lowest BCUT2D eigenvalue weighted by Crippen LogP contribution is -2.48. The Morgan fingerprint density at radius 3 is 2.77 bits per heavy atom. The Morgan fingerprint density at radius 2 is 2.09 bits per heavy atom. The summed E-state index contributed by atoms with van der Waals surface area (Å²) in [6.45, 7) is 4.07. The van der Waals surface area contributed by atoms with E-state index in [0.717, 1.165) is 31.4 Å². The maximum atomic E-state index is 12.8. The first-order valence-corrected chi connectivity index (χ1v) is 8.36. The van der Waals surface area contributed by atoms with Crippen molar-refractivity contribution in [2.45, 2.75) is 44.8 Å². The first kappa shape index (κ1) is 15.5. The van der Waals surface area contributed by atoms with Crippen molar-refractivity contribution >= 4 is 5.91 Å². The van der Waals surface area contributed by atoms with E-state index >= 15 is 0 Å². The number of rotatable bonds is 3. The van der Waals surface area contributed by atoms with Gasteiger partial charge < -0.3 is 14.7 Å². The summed E-state index contributed by atoms with van der Waals surface area (Å²) in [6.07, 6.45) is 3.27. The Hall–Kier alpha value is -1.39. The highest BCUT2D eigenvalue weighted by molar-refractivity contribution is 5.94. The van der Waals surface area contributed by atoms with Crippen molar-refractivity contribution in [3.8, 4) is 0 Å². The number of aliphatic hydroxyl groups excluding tert-OH is 1. The summed E-state index contributed by atoms with van der Waals surface area (Å²) < 4.78 is 5.53. The summed E-state index contributed by atoms with van der Waals surface area (Å²) in [4.78, 5) is 14.8. The van der Waals surface area contributed by atoms with E-state index in [-0.39, 0.29) is 24.0 Å². The van der Waals surface area contributed by atoms with Gasteiger partial charge in [0.15, 0.2) is 0 Å². The lowest BCUT2D eigenvalue weighted by atomic mass is 9.89. The summed E-state index contributed by atoms with van der Waals surface area (Å²) in [5, 5.41) is 10.2. The minimum atomic E-state index is -0.352. The van der Waals surface area contributed by atoms with Crippen LogP contribution >= 0.6 is 0 Å². The third-order valence-corrected chi connectivity index (χ3v) is 5.03. The molecule has 0 aliphatic carbocycles. The van der Waals surface area contributed by atoms with E-state index in [4.69, 9.17) is 4.74 Å². The average molecular weight is 303 g/mol. The average Bonchev–Trinajstić information content (AvgIpc) is 3.04. The smallest absolute Gasteiger partial charge is 0.254 e. The minimum absolute atomic E-state index is 0.0510. The van der Waals surface area contributed by atoms with Crippen LogP contribution in [0.5, 0.6) is 0 Å². The molecular weight excluding hydrogens is 278 g/mol. The number of benzene rings is 1. The molecule has 3 unspecified atom stereocenters. The van der Waals surface area contributed by atoms with Gasteiger partial charge in [-0.1, -0.05) is 19.1 Å². The van der Waals surface area contributed by atoms with Gasteiger partial charge in [0.2, 0.25) is 0 Å². The molecule has 22 heavy (non-hydrogen) atoms. The van der Waals surface area contributed by atoms with Crippen molar-refractivity contribution in [2.24, 2.45) is 5.92 Å². The summed E-state index contributed by atoms with van der Waals surface area (Å²) in [5.41, 5.74) is 1.99. The molecule has 2 saturated heterocycles. The minimum Gasteiger partial charge on any atom is -0.393 e. The summed E-state index contributed by atoms with van der Waals surface area (Å²) >= 11 is 0. The van der Waals surface area contributed by atoms with Gasteiger partial charge in [-0.25, -0.2) is 0 Å². The monoisotopic (exact) mass is 303 g/mol. The van der Waals surface area contributed by atoms with Crippen molar-refractivity contribution in [1.29, 1.82) is 0 Å². The van der Waals surface area contributed by atoms with Gasteiger partial charge in [0, 0.05) is 30.7 Å². The Labute approximate surface area is 132 Å². The normalized spacial score (nSPS) is 28.8. The molecule has 2 aliphatic rings. The number of likely N-dealkylation sites (tertiary alicyclic amines) is 1. The van der Waals surface area contributed by atoms with Crippen molar-refractivity contribution in [3.63, 3.8) is 0 Å². The maximum Gasteiger partial charge on any atom is 0.254 e. The predicted molar refractivity (Wildman–Crippen MR) is 84.8 cm³/mol. The number of aryl methyl sites for hydroxylation is 1. The molecule has 120 valence electrons. The molecule has 2 heterocycles. The molecule has 1 amide bonds. The molecule has 3 rings (SSSR count). The van der Waals surface area contributed by atoms with E-state index in [1.54, 1.807) is 0 Å². The molecule has 2 aliphatic heterocycles. The molecule has 1 N–H and O–H groups in total. The second-order valence-corrected chi connectivity index (χ2v) is 6.35. The van der Waals surface area contributed by atoms with E-state index in [2.05, 4.69) is 6.92 Å². The summed E-state index contributed by atoms with van der Waals surface area (Å²) in [5.74, 6) is 0.137. The Kier molecular flexibility index (Phi) is 4.79. The van der Waals surface area contributed by atoms with Crippen molar-refractivity contribution in [2.75, 3.05) is 19.8 Å². The first-order chi connectivity index (χ1) is 10.7. The van der Waals surface area contributed by atoms with Crippen LogP contribution < -0.4 is 0 Å². The van der Waals surface area contributed by atoms with Gasteiger partial charge in [-0.3, -0.25) is 4.79 Å². The van der Waals surface area contributed by atoms with Crippen LogP contribution in [0.25, 0.3) is 0 Å². The van der Waals surface area contributed by atoms with Crippen LogP contribution in [0.15, 0.2) is 24.3 Å². The number of carbonyl (C=O) groups is 1. The summed E-state index contributed by atoms with van der Waals surface area (Å²) in [7, 11) is 0. The zero-order valence-corrected chi connectivity index (χ0v) is 13.2. The first-order valence-electron chi connectivity index (χ1n) is 8.36. The second-order valence-electron chi connectivity index (χ2n) is 6.35. The molecule has 0 radical (unpaired) electrons. The Bertz CT molecular complexity index is 514. The SMILES string of the molecule is CCc1ccc(C(=O)N2CCCC2C2COCCC2O)cc1. The van der Waals surface area contributed by atoms with Gasteiger partial charge in [-0.05, 0) is 43.4 Å². The summed E-state index contributed by atoms with van der Waals surface area (Å²) in [6, 6.07) is 8.00. The Morgan fingerprint density at radius 1 is 1.32 bits per heavy atom. The van der Waals surface area contributed by atoms with Crippen LogP contribution in [0.2, 0.25) is 0 Å². The van der Waals surface area contributed by atoms with Crippen molar-refractivity contribution in [3.05, 3.63) is 35.4 Å². The number of amides is 1. The molecule has 3 atom stereocenters. The van der Waals surface area contributed by atoms with Gasteiger partial charge in [-0.15, -0.1) is 0 Å². The Balaban J connectivity index is 1.75. The highest BCUT2D eigenvalue weighted by Gasteiger charge is 2.39. The fourth-order valence-corrected chi connectivity index (χ4v) is 3.65. The van der Waals surface area contributed by atoms with E-state index in [1.165, 1.54) is 5.56 Å². The predicted octanol–water partition coefficient (Wildman–Crippen LogP) is 2.25. The van der Waals surface area contributed by atoms with Gasteiger partial charge >= 0.3 is 0 Å². The van der Waals surface area contributed by atoms with Crippen LogP contribution in [0.4, 0.5) is 0 Å². The molecule has 0 saturated carbocycles. The molecule has 0 spiro atoms. The van der Waals surface area contributed by atoms with Crippen LogP contribution in [-0.2, 0) is 11.2 Å².